The number of benzene rings is 2. The van der Waals surface area contributed by atoms with Crippen LogP contribution in [0.2, 0.25) is 0 Å². The number of nitrogens with zero attached hydrogens (tertiary/aromatic N) is 1. The maximum atomic E-state index is 13.1. The zero-order valence-corrected chi connectivity index (χ0v) is 17.9. The molecule has 1 aliphatic heterocycles. The number of sulfonamides is 1. The summed E-state index contributed by atoms with van der Waals surface area (Å²) in [6.45, 7) is 4.42. The number of amides is 1. The fourth-order valence-electron chi connectivity index (χ4n) is 3.56. The number of hydrogen-bond donors (Lipinski definition) is 1. The van der Waals surface area contributed by atoms with Crippen LogP contribution in [0.4, 0.5) is 5.69 Å². The van der Waals surface area contributed by atoms with Gasteiger partial charge in [-0.3, -0.25) is 9.10 Å². The quantitative estimate of drug-likeness (QED) is 0.782. The van der Waals surface area contributed by atoms with Gasteiger partial charge in [-0.15, -0.1) is 0 Å². The van der Waals surface area contributed by atoms with Crippen molar-refractivity contribution in [1.82, 2.24) is 5.32 Å². The van der Waals surface area contributed by atoms with Crippen LogP contribution in [0.25, 0.3) is 0 Å². The Morgan fingerprint density at radius 3 is 2.45 bits per heavy atom. The standard InChI is InChI=1S/C22H28N2O4S/c1-16(2)15-18(17-9-5-4-6-10-17)23-22(25)21-13-14-24(29(3,26)27)19-11-7-8-12-20(19)28-21/h4-12,16,18,21H,13-15H2,1-3H3,(H,23,25)/t18-,21+/m1/s1. The monoisotopic (exact) mass is 416 g/mol. The molecule has 1 N–H and O–H groups in total. The number of hydrogen-bond acceptors (Lipinski definition) is 4. The molecule has 0 aliphatic carbocycles. The van der Waals surface area contributed by atoms with Crippen molar-refractivity contribution in [1.29, 1.82) is 0 Å². The molecule has 0 aromatic heterocycles. The minimum absolute atomic E-state index is 0.128. The average molecular weight is 417 g/mol. The normalized spacial score (nSPS) is 17.8. The molecule has 1 aliphatic rings. The lowest BCUT2D eigenvalue weighted by Gasteiger charge is -2.24. The van der Waals surface area contributed by atoms with E-state index in [0.29, 0.717) is 17.4 Å². The van der Waals surface area contributed by atoms with Gasteiger partial charge in [0.15, 0.2) is 6.10 Å². The lowest BCUT2D eigenvalue weighted by molar-refractivity contribution is -0.129. The van der Waals surface area contributed by atoms with Crippen molar-refractivity contribution in [2.75, 3.05) is 17.1 Å². The molecule has 7 heteroatoms. The van der Waals surface area contributed by atoms with E-state index in [1.807, 2.05) is 30.3 Å². The molecule has 0 radical (unpaired) electrons. The van der Waals surface area contributed by atoms with Gasteiger partial charge >= 0.3 is 0 Å². The predicted octanol–water partition coefficient (Wildman–Crippen LogP) is 3.51. The van der Waals surface area contributed by atoms with E-state index < -0.39 is 16.1 Å². The Morgan fingerprint density at radius 1 is 1.14 bits per heavy atom. The number of fused-ring (bicyclic) bond motifs is 1. The molecule has 3 rings (SSSR count). The molecule has 0 unspecified atom stereocenters. The van der Waals surface area contributed by atoms with Crippen LogP contribution in [0, 0.1) is 5.92 Å². The van der Waals surface area contributed by atoms with Crippen LogP contribution in [0.15, 0.2) is 54.6 Å². The summed E-state index contributed by atoms with van der Waals surface area (Å²) in [6.07, 6.45) is 1.48. The second-order valence-electron chi connectivity index (χ2n) is 7.80. The third-order valence-corrected chi connectivity index (χ3v) is 6.10. The second kappa shape index (κ2) is 8.86. The summed E-state index contributed by atoms with van der Waals surface area (Å²) in [7, 11) is -3.47. The number of carbonyl (C=O) groups is 1. The first-order valence-electron chi connectivity index (χ1n) is 9.84. The van der Waals surface area contributed by atoms with Crippen molar-refractivity contribution < 1.29 is 17.9 Å². The molecule has 1 heterocycles. The van der Waals surface area contributed by atoms with Gasteiger partial charge < -0.3 is 10.1 Å². The molecule has 0 bridgehead atoms. The van der Waals surface area contributed by atoms with Gasteiger partial charge in [0.05, 0.1) is 18.0 Å². The average Bonchev–Trinajstić information content (AvgIpc) is 2.87. The van der Waals surface area contributed by atoms with Crippen LogP contribution in [0.1, 0.15) is 38.3 Å². The summed E-state index contributed by atoms with van der Waals surface area (Å²) in [5.74, 6) is 0.567. The Bertz CT molecular complexity index is 944. The zero-order chi connectivity index (χ0) is 21.0. The maximum Gasteiger partial charge on any atom is 0.261 e. The lowest BCUT2D eigenvalue weighted by Crippen LogP contribution is -2.41. The predicted molar refractivity (Wildman–Crippen MR) is 114 cm³/mol. The lowest BCUT2D eigenvalue weighted by atomic mass is 9.96. The van der Waals surface area contributed by atoms with E-state index in [1.54, 1.807) is 24.3 Å². The summed E-state index contributed by atoms with van der Waals surface area (Å²) >= 11 is 0. The van der Waals surface area contributed by atoms with Crippen molar-refractivity contribution in [2.24, 2.45) is 5.92 Å². The molecule has 156 valence electrons. The van der Waals surface area contributed by atoms with Crippen LogP contribution in [0.5, 0.6) is 5.75 Å². The molecular weight excluding hydrogens is 388 g/mol. The molecule has 6 nitrogen and oxygen atoms in total. The SMILES string of the molecule is CC(C)C[C@@H](NC(=O)[C@@H]1CCN(S(C)(=O)=O)c2ccccc2O1)c1ccccc1. The third-order valence-electron chi connectivity index (χ3n) is 4.92. The fourth-order valence-corrected chi connectivity index (χ4v) is 4.50. The van der Waals surface area contributed by atoms with E-state index in [1.165, 1.54) is 4.31 Å². The van der Waals surface area contributed by atoms with E-state index in [9.17, 15) is 13.2 Å². The summed E-state index contributed by atoms with van der Waals surface area (Å²) < 4.78 is 31.7. The summed E-state index contributed by atoms with van der Waals surface area (Å²) in [5, 5.41) is 3.11. The molecule has 0 saturated heterocycles. The van der Waals surface area contributed by atoms with Gasteiger partial charge in [0.2, 0.25) is 10.0 Å². The first kappa shape index (κ1) is 21.2. The van der Waals surface area contributed by atoms with E-state index in [-0.39, 0.29) is 24.9 Å². The number of ether oxygens (including phenoxy) is 1. The number of para-hydroxylation sites is 2. The Hall–Kier alpha value is -2.54. The van der Waals surface area contributed by atoms with Crippen molar-refractivity contribution >= 4 is 21.6 Å². The number of nitrogens with one attached hydrogen (secondary N) is 1. The number of anilines is 1. The van der Waals surface area contributed by atoms with Crippen molar-refractivity contribution in [3.05, 3.63) is 60.2 Å². The second-order valence-corrected chi connectivity index (χ2v) is 9.71. The van der Waals surface area contributed by atoms with Gasteiger partial charge in [0.25, 0.3) is 5.91 Å². The minimum Gasteiger partial charge on any atom is -0.478 e. The highest BCUT2D eigenvalue weighted by molar-refractivity contribution is 7.92. The first-order chi connectivity index (χ1) is 13.8. The highest BCUT2D eigenvalue weighted by Gasteiger charge is 2.32. The van der Waals surface area contributed by atoms with Gasteiger partial charge in [-0.2, -0.15) is 0 Å². The molecular formula is C22H28N2O4S. The van der Waals surface area contributed by atoms with E-state index in [0.717, 1.165) is 18.2 Å². The molecule has 0 saturated carbocycles. The highest BCUT2D eigenvalue weighted by Crippen LogP contribution is 2.34. The van der Waals surface area contributed by atoms with Crippen LogP contribution in [-0.2, 0) is 14.8 Å². The fraction of sp³-hybridized carbons (Fsp3) is 0.409. The highest BCUT2D eigenvalue weighted by atomic mass is 32.2. The summed E-state index contributed by atoms with van der Waals surface area (Å²) in [4.78, 5) is 13.1. The van der Waals surface area contributed by atoms with Crippen molar-refractivity contribution in [3.63, 3.8) is 0 Å². The number of rotatable bonds is 6. The molecule has 0 fully saturated rings. The third kappa shape index (κ3) is 5.29. The molecule has 29 heavy (non-hydrogen) atoms. The Kier molecular flexibility index (Phi) is 6.47. The minimum atomic E-state index is -3.47. The van der Waals surface area contributed by atoms with Gasteiger partial charge in [-0.1, -0.05) is 56.3 Å². The smallest absolute Gasteiger partial charge is 0.261 e. The molecule has 2 aromatic carbocycles. The van der Waals surface area contributed by atoms with E-state index in [2.05, 4.69) is 19.2 Å². The molecule has 2 atom stereocenters. The van der Waals surface area contributed by atoms with Gasteiger partial charge in [-0.25, -0.2) is 8.42 Å². The Morgan fingerprint density at radius 2 is 1.79 bits per heavy atom. The van der Waals surface area contributed by atoms with Crippen LogP contribution in [0.3, 0.4) is 0 Å². The van der Waals surface area contributed by atoms with Crippen LogP contribution >= 0.6 is 0 Å². The molecule has 0 spiro atoms. The number of carbonyl (C=O) groups excluding carboxylic acids is 1. The van der Waals surface area contributed by atoms with Gasteiger partial charge in [0, 0.05) is 13.0 Å². The molecule has 1 amide bonds. The topological polar surface area (TPSA) is 75.7 Å². The zero-order valence-electron chi connectivity index (χ0n) is 17.0. The van der Waals surface area contributed by atoms with Crippen molar-refractivity contribution in [2.45, 2.75) is 38.8 Å². The summed E-state index contributed by atoms with van der Waals surface area (Å²) in [6, 6.07) is 16.7. The molecule has 2 aromatic rings. The maximum absolute atomic E-state index is 13.1. The largest absolute Gasteiger partial charge is 0.478 e. The van der Waals surface area contributed by atoms with E-state index in [4.69, 9.17) is 4.74 Å². The van der Waals surface area contributed by atoms with Crippen LogP contribution < -0.4 is 14.4 Å². The Balaban J connectivity index is 1.82. The van der Waals surface area contributed by atoms with Gasteiger partial charge in [-0.05, 0) is 30.0 Å². The van der Waals surface area contributed by atoms with Crippen LogP contribution in [-0.4, -0.2) is 33.2 Å². The van der Waals surface area contributed by atoms with Crippen molar-refractivity contribution in [3.8, 4) is 5.75 Å². The summed E-state index contributed by atoms with van der Waals surface area (Å²) in [5.41, 5.74) is 1.51. The Labute approximate surface area is 172 Å². The van der Waals surface area contributed by atoms with E-state index >= 15 is 0 Å². The first-order valence-corrected chi connectivity index (χ1v) is 11.7. The van der Waals surface area contributed by atoms with Gasteiger partial charge in [0.1, 0.15) is 5.75 Å².